The van der Waals surface area contributed by atoms with Crippen molar-refractivity contribution < 1.29 is 18.7 Å². The first-order valence-corrected chi connectivity index (χ1v) is 7.77. The molecule has 0 aliphatic heterocycles. The molecule has 124 valence electrons. The zero-order chi connectivity index (χ0) is 16.7. The molecule has 0 aliphatic carbocycles. The first-order chi connectivity index (χ1) is 10.4. The van der Waals surface area contributed by atoms with Gasteiger partial charge in [0.05, 0.1) is 0 Å². The van der Waals surface area contributed by atoms with Gasteiger partial charge in [0.15, 0.2) is 0 Å². The van der Waals surface area contributed by atoms with Crippen LogP contribution in [0.1, 0.15) is 40.5 Å². The monoisotopic (exact) mass is 311 g/mol. The average molecular weight is 311 g/mol. The van der Waals surface area contributed by atoms with Gasteiger partial charge in [0.2, 0.25) is 0 Å². The number of carbonyl (C=O) groups is 1. The van der Waals surface area contributed by atoms with Gasteiger partial charge in [-0.2, -0.15) is 0 Å². The molecular weight excluding hydrogens is 285 g/mol. The van der Waals surface area contributed by atoms with Crippen molar-refractivity contribution in [3.8, 4) is 5.75 Å². The Bertz CT molecular complexity index is 457. The molecule has 2 N–H and O–H groups in total. The van der Waals surface area contributed by atoms with E-state index in [0.29, 0.717) is 5.75 Å². The lowest BCUT2D eigenvalue weighted by Crippen LogP contribution is -2.42. The fourth-order valence-corrected chi connectivity index (χ4v) is 2.36. The maximum absolute atomic E-state index is 13.0. The van der Waals surface area contributed by atoms with Crippen LogP contribution in [0, 0.1) is 11.7 Å². The highest BCUT2D eigenvalue weighted by atomic mass is 19.1. The van der Waals surface area contributed by atoms with Gasteiger partial charge in [0, 0.05) is 0 Å². The average Bonchev–Trinajstić information content (AvgIpc) is 2.49. The number of carbonyl (C=O) groups excluding carboxylic acids is 1. The number of esters is 1. The molecule has 0 bridgehead atoms. The SMILES string of the molecule is CCC(CC)[C@@H](Oc1ccc(F)cc1)[C@H](C)OC(=O)[C@H](C)N. The van der Waals surface area contributed by atoms with Crippen LogP contribution in [-0.4, -0.2) is 24.2 Å². The van der Waals surface area contributed by atoms with E-state index in [-0.39, 0.29) is 17.8 Å². The van der Waals surface area contributed by atoms with E-state index in [4.69, 9.17) is 15.2 Å². The van der Waals surface area contributed by atoms with E-state index in [9.17, 15) is 9.18 Å². The second kappa shape index (κ2) is 8.73. The topological polar surface area (TPSA) is 61.5 Å². The Morgan fingerprint density at radius 3 is 2.18 bits per heavy atom. The summed E-state index contributed by atoms with van der Waals surface area (Å²) >= 11 is 0. The van der Waals surface area contributed by atoms with Gasteiger partial charge in [0.25, 0.3) is 0 Å². The smallest absolute Gasteiger partial charge is 0.323 e. The molecule has 1 aromatic rings. The van der Waals surface area contributed by atoms with E-state index in [1.807, 2.05) is 0 Å². The summed E-state index contributed by atoms with van der Waals surface area (Å²) in [5, 5.41) is 0. The Balaban J connectivity index is 2.87. The lowest BCUT2D eigenvalue weighted by atomic mass is 9.93. The molecule has 0 saturated carbocycles. The molecule has 0 spiro atoms. The van der Waals surface area contributed by atoms with E-state index >= 15 is 0 Å². The van der Waals surface area contributed by atoms with E-state index < -0.39 is 18.1 Å². The van der Waals surface area contributed by atoms with Crippen LogP contribution in [0.4, 0.5) is 4.39 Å². The van der Waals surface area contributed by atoms with Crippen molar-refractivity contribution in [1.82, 2.24) is 0 Å². The summed E-state index contributed by atoms with van der Waals surface area (Å²) in [6.45, 7) is 7.51. The van der Waals surface area contributed by atoms with Crippen LogP contribution in [-0.2, 0) is 9.53 Å². The molecule has 1 aromatic carbocycles. The van der Waals surface area contributed by atoms with Crippen molar-refractivity contribution in [2.45, 2.75) is 58.8 Å². The zero-order valence-electron chi connectivity index (χ0n) is 13.7. The van der Waals surface area contributed by atoms with Gasteiger partial charge in [-0.25, -0.2) is 4.39 Å². The third-order valence-corrected chi connectivity index (χ3v) is 3.74. The molecule has 3 atom stereocenters. The van der Waals surface area contributed by atoms with Crippen LogP contribution in [0.3, 0.4) is 0 Å². The lowest BCUT2D eigenvalue weighted by molar-refractivity contribution is -0.155. The largest absolute Gasteiger partial charge is 0.486 e. The standard InChI is InChI=1S/C17H26FNO3/c1-5-13(6-2)16(12(4)21-17(20)11(3)19)22-15-9-7-14(18)8-10-15/h7-13,16H,5-6,19H2,1-4H3/t11-,12-,16-/m0/s1. The van der Waals surface area contributed by atoms with Crippen LogP contribution < -0.4 is 10.5 Å². The molecule has 0 radical (unpaired) electrons. The van der Waals surface area contributed by atoms with E-state index in [1.165, 1.54) is 12.1 Å². The number of benzene rings is 1. The van der Waals surface area contributed by atoms with E-state index in [1.54, 1.807) is 26.0 Å². The Morgan fingerprint density at radius 2 is 1.73 bits per heavy atom. The van der Waals surface area contributed by atoms with Crippen LogP contribution in [0.2, 0.25) is 0 Å². The number of rotatable bonds is 8. The number of halogens is 1. The first kappa shape index (κ1) is 18.4. The van der Waals surface area contributed by atoms with Crippen molar-refractivity contribution in [1.29, 1.82) is 0 Å². The summed E-state index contributed by atoms with van der Waals surface area (Å²) < 4.78 is 24.4. The van der Waals surface area contributed by atoms with Gasteiger partial charge in [-0.3, -0.25) is 4.79 Å². The molecule has 22 heavy (non-hydrogen) atoms. The summed E-state index contributed by atoms with van der Waals surface area (Å²) in [7, 11) is 0. The van der Waals surface area contributed by atoms with E-state index in [0.717, 1.165) is 12.8 Å². The summed E-state index contributed by atoms with van der Waals surface area (Å²) in [5.41, 5.74) is 5.54. The summed E-state index contributed by atoms with van der Waals surface area (Å²) in [6, 6.07) is 5.17. The third-order valence-electron chi connectivity index (χ3n) is 3.74. The normalized spacial score (nSPS) is 15.2. The van der Waals surface area contributed by atoms with Crippen LogP contribution in [0.15, 0.2) is 24.3 Å². The maximum Gasteiger partial charge on any atom is 0.323 e. The minimum Gasteiger partial charge on any atom is -0.486 e. The number of nitrogens with two attached hydrogens (primary N) is 1. The molecule has 5 heteroatoms. The fourth-order valence-electron chi connectivity index (χ4n) is 2.36. The second-order valence-electron chi connectivity index (χ2n) is 5.54. The van der Waals surface area contributed by atoms with Crippen LogP contribution in [0.25, 0.3) is 0 Å². The molecule has 1 rings (SSSR count). The molecule has 0 heterocycles. The molecule has 0 aliphatic rings. The Hall–Kier alpha value is -1.62. The van der Waals surface area contributed by atoms with Gasteiger partial charge in [-0.05, 0) is 56.9 Å². The first-order valence-electron chi connectivity index (χ1n) is 7.77. The van der Waals surface area contributed by atoms with Crippen LogP contribution in [0.5, 0.6) is 5.75 Å². The highest BCUT2D eigenvalue weighted by Crippen LogP contribution is 2.24. The van der Waals surface area contributed by atoms with Crippen molar-refractivity contribution in [2.75, 3.05) is 0 Å². The summed E-state index contributed by atoms with van der Waals surface area (Å²) in [4.78, 5) is 11.7. The minimum absolute atomic E-state index is 0.223. The highest BCUT2D eigenvalue weighted by molar-refractivity contribution is 5.75. The van der Waals surface area contributed by atoms with E-state index in [2.05, 4.69) is 13.8 Å². The number of hydrogen-bond donors (Lipinski definition) is 1. The number of hydrogen-bond acceptors (Lipinski definition) is 4. The Kier molecular flexibility index (Phi) is 7.32. The highest BCUT2D eigenvalue weighted by Gasteiger charge is 2.30. The quantitative estimate of drug-likeness (QED) is 0.748. The summed E-state index contributed by atoms with van der Waals surface area (Å²) in [5.74, 6) is 0.0111. The molecule has 4 nitrogen and oxygen atoms in total. The van der Waals surface area contributed by atoms with Crippen molar-refractivity contribution in [2.24, 2.45) is 11.7 Å². The van der Waals surface area contributed by atoms with Gasteiger partial charge in [-0.15, -0.1) is 0 Å². The van der Waals surface area contributed by atoms with Crippen molar-refractivity contribution in [3.63, 3.8) is 0 Å². The molecule has 0 fully saturated rings. The fraction of sp³-hybridized carbons (Fsp3) is 0.588. The third kappa shape index (κ3) is 5.30. The lowest BCUT2D eigenvalue weighted by Gasteiger charge is -2.31. The molecule has 0 amide bonds. The molecule has 0 saturated heterocycles. The van der Waals surface area contributed by atoms with Gasteiger partial charge >= 0.3 is 5.97 Å². The maximum atomic E-state index is 13.0. The molecule has 0 unspecified atom stereocenters. The minimum atomic E-state index is -0.671. The van der Waals surface area contributed by atoms with Gasteiger partial charge in [0.1, 0.15) is 29.8 Å². The summed E-state index contributed by atoms with van der Waals surface area (Å²) in [6.07, 6.45) is 1.04. The Morgan fingerprint density at radius 1 is 1.18 bits per heavy atom. The van der Waals surface area contributed by atoms with Crippen molar-refractivity contribution >= 4 is 5.97 Å². The predicted octanol–water partition coefficient (Wildman–Crippen LogP) is 3.29. The zero-order valence-corrected chi connectivity index (χ0v) is 13.7. The van der Waals surface area contributed by atoms with Crippen molar-refractivity contribution in [3.05, 3.63) is 30.1 Å². The number of ether oxygens (including phenoxy) is 2. The van der Waals surface area contributed by atoms with Gasteiger partial charge in [-0.1, -0.05) is 13.8 Å². The van der Waals surface area contributed by atoms with Crippen LogP contribution >= 0.6 is 0 Å². The molecular formula is C17H26FNO3. The predicted molar refractivity (Wildman–Crippen MR) is 84.1 cm³/mol. The molecule has 0 aromatic heterocycles. The van der Waals surface area contributed by atoms with Gasteiger partial charge < -0.3 is 15.2 Å². The Labute approximate surface area is 131 Å². The second-order valence-corrected chi connectivity index (χ2v) is 5.54.